The predicted octanol–water partition coefficient (Wildman–Crippen LogP) is 2.15. The maximum atomic E-state index is 9.93. The first kappa shape index (κ1) is 9.77. The molecule has 1 saturated heterocycles. The second-order valence-electron chi connectivity index (χ2n) is 5.51. The number of hydrogen-bond donors (Lipinski definition) is 2. The Kier molecular flexibility index (Phi) is 1.82. The van der Waals surface area contributed by atoms with Crippen molar-refractivity contribution < 1.29 is 9.84 Å². The molecule has 2 fully saturated rings. The second-order valence-corrected chi connectivity index (χ2v) is 5.51. The number of ether oxygens (including phenoxy) is 1. The highest BCUT2D eigenvalue weighted by molar-refractivity contribution is 5.53. The van der Waals surface area contributed by atoms with Crippen LogP contribution in [0.3, 0.4) is 0 Å². The molecule has 3 atom stereocenters. The molecule has 2 heterocycles. The molecule has 0 radical (unpaired) electrons. The van der Waals surface area contributed by atoms with Gasteiger partial charge in [-0.15, -0.1) is 0 Å². The molecule has 17 heavy (non-hydrogen) atoms. The van der Waals surface area contributed by atoms with Gasteiger partial charge in [-0.1, -0.05) is 18.6 Å². The molecule has 0 unspecified atom stereocenters. The second kappa shape index (κ2) is 3.16. The van der Waals surface area contributed by atoms with Crippen molar-refractivity contribution in [2.45, 2.75) is 43.2 Å². The minimum absolute atomic E-state index is 0.0700. The van der Waals surface area contributed by atoms with E-state index >= 15 is 0 Å². The van der Waals surface area contributed by atoms with Crippen molar-refractivity contribution in [3.05, 3.63) is 23.8 Å². The van der Waals surface area contributed by atoms with Crippen LogP contribution in [0.2, 0.25) is 0 Å². The fourth-order valence-corrected chi connectivity index (χ4v) is 3.98. The minimum Gasteiger partial charge on any atom is -0.504 e. The van der Waals surface area contributed by atoms with Crippen molar-refractivity contribution in [1.82, 2.24) is 5.32 Å². The molecule has 2 aliphatic heterocycles. The lowest BCUT2D eigenvalue weighted by Crippen LogP contribution is -2.49. The van der Waals surface area contributed by atoms with E-state index in [0.717, 1.165) is 18.7 Å². The normalized spacial score (nSPS) is 38.1. The van der Waals surface area contributed by atoms with E-state index in [0.29, 0.717) is 17.7 Å². The standard InChI is InChI=1S/C14H17NO2/c16-11-5-3-4-9-10-8-15-12-6-1-2-7-14(10,12)17-13(9)11/h3-5,10,12,15-16H,1-2,6-8H2/t10-,12+,14+/m1/s1. The van der Waals surface area contributed by atoms with E-state index in [1.165, 1.54) is 24.8 Å². The number of fused-ring (bicyclic) bond motifs is 2. The van der Waals surface area contributed by atoms with Crippen LogP contribution in [0, 0.1) is 0 Å². The summed E-state index contributed by atoms with van der Waals surface area (Å²) in [7, 11) is 0. The lowest BCUT2D eigenvalue weighted by atomic mass is 9.74. The van der Waals surface area contributed by atoms with Crippen molar-refractivity contribution in [1.29, 1.82) is 0 Å². The molecule has 2 N–H and O–H groups in total. The predicted molar refractivity (Wildman–Crippen MR) is 64.5 cm³/mol. The van der Waals surface area contributed by atoms with Gasteiger partial charge in [-0.2, -0.15) is 0 Å². The van der Waals surface area contributed by atoms with Crippen LogP contribution in [0.25, 0.3) is 0 Å². The van der Waals surface area contributed by atoms with Crippen molar-refractivity contribution in [2.75, 3.05) is 6.54 Å². The van der Waals surface area contributed by atoms with Gasteiger partial charge in [0.25, 0.3) is 0 Å². The van der Waals surface area contributed by atoms with Crippen LogP contribution in [0.5, 0.6) is 11.5 Å². The highest BCUT2D eigenvalue weighted by Gasteiger charge is 2.58. The van der Waals surface area contributed by atoms with Crippen LogP contribution >= 0.6 is 0 Å². The Balaban J connectivity index is 1.84. The summed E-state index contributed by atoms with van der Waals surface area (Å²) in [6.45, 7) is 0.987. The van der Waals surface area contributed by atoms with Crippen LogP contribution in [0.4, 0.5) is 0 Å². The van der Waals surface area contributed by atoms with Gasteiger partial charge in [0.2, 0.25) is 0 Å². The summed E-state index contributed by atoms with van der Waals surface area (Å²) in [4.78, 5) is 0. The van der Waals surface area contributed by atoms with Crippen molar-refractivity contribution in [3.8, 4) is 11.5 Å². The molecule has 4 rings (SSSR count). The number of hydrogen-bond acceptors (Lipinski definition) is 3. The Morgan fingerprint density at radius 3 is 3.24 bits per heavy atom. The quantitative estimate of drug-likeness (QED) is 0.719. The number of para-hydroxylation sites is 1. The molecule has 1 saturated carbocycles. The molecular formula is C14H17NO2. The monoisotopic (exact) mass is 231 g/mol. The summed E-state index contributed by atoms with van der Waals surface area (Å²) in [5.74, 6) is 1.47. The topological polar surface area (TPSA) is 41.5 Å². The number of benzene rings is 1. The molecule has 3 heteroatoms. The SMILES string of the molecule is Oc1cccc2c1O[C@]13CCCC[C@@H]1NC[C@H]23. The smallest absolute Gasteiger partial charge is 0.165 e. The van der Waals surface area contributed by atoms with E-state index in [4.69, 9.17) is 4.74 Å². The van der Waals surface area contributed by atoms with E-state index in [1.807, 2.05) is 6.07 Å². The van der Waals surface area contributed by atoms with Gasteiger partial charge in [-0.3, -0.25) is 0 Å². The van der Waals surface area contributed by atoms with E-state index in [2.05, 4.69) is 11.4 Å². The lowest BCUT2D eigenvalue weighted by Gasteiger charge is -2.38. The summed E-state index contributed by atoms with van der Waals surface area (Å²) < 4.78 is 6.24. The van der Waals surface area contributed by atoms with Crippen LogP contribution in [0.1, 0.15) is 37.2 Å². The molecule has 1 aliphatic carbocycles. The molecule has 0 amide bonds. The van der Waals surface area contributed by atoms with Gasteiger partial charge in [0.05, 0.1) is 0 Å². The maximum absolute atomic E-state index is 9.93. The van der Waals surface area contributed by atoms with E-state index in [9.17, 15) is 5.11 Å². The average molecular weight is 231 g/mol. The summed E-state index contributed by atoms with van der Waals surface area (Å²) in [6.07, 6.45) is 4.84. The number of nitrogens with one attached hydrogen (secondary N) is 1. The number of aromatic hydroxyl groups is 1. The molecule has 0 bridgehead atoms. The van der Waals surface area contributed by atoms with Crippen molar-refractivity contribution in [3.63, 3.8) is 0 Å². The van der Waals surface area contributed by atoms with Gasteiger partial charge >= 0.3 is 0 Å². The zero-order valence-corrected chi connectivity index (χ0v) is 9.78. The van der Waals surface area contributed by atoms with Gasteiger partial charge in [0.15, 0.2) is 11.5 Å². The largest absolute Gasteiger partial charge is 0.504 e. The van der Waals surface area contributed by atoms with E-state index in [1.54, 1.807) is 6.07 Å². The molecule has 1 aromatic carbocycles. The third kappa shape index (κ3) is 1.10. The number of rotatable bonds is 0. The molecular weight excluding hydrogens is 214 g/mol. The van der Waals surface area contributed by atoms with Crippen LogP contribution in [-0.2, 0) is 0 Å². The molecule has 90 valence electrons. The van der Waals surface area contributed by atoms with Gasteiger partial charge in [-0.25, -0.2) is 0 Å². The number of phenolic OH excluding ortho intramolecular Hbond substituents is 1. The molecule has 1 aromatic rings. The Labute approximate surface area is 101 Å². The van der Waals surface area contributed by atoms with Gasteiger partial charge < -0.3 is 15.2 Å². The molecule has 0 aromatic heterocycles. The Bertz CT molecular complexity index is 473. The zero-order valence-electron chi connectivity index (χ0n) is 9.78. The Hall–Kier alpha value is -1.22. The van der Waals surface area contributed by atoms with E-state index < -0.39 is 0 Å². The Morgan fingerprint density at radius 2 is 2.29 bits per heavy atom. The first-order valence-electron chi connectivity index (χ1n) is 6.55. The highest BCUT2D eigenvalue weighted by atomic mass is 16.5. The third-order valence-electron chi connectivity index (χ3n) is 4.75. The molecule has 3 aliphatic rings. The van der Waals surface area contributed by atoms with Crippen LogP contribution < -0.4 is 10.1 Å². The van der Waals surface area contributed by atoms with Gasteiger partial charge in [0, 0.05) is 24.1 Å². The van der Waals surface area contributed by atoms with Gasteiger partial charge in [-0.05, 0) is 25.3 Å². The minimum atomic E-state index is -0.0700. The first-order chi connectivity index (χ1) is 8.31. The van der Waals surface area contributed by atoms with Gasteiger partial charge in [0.1, 0.15) is 5.60 Å². The molecule has 3 nitrogen and oxygen atoms in total. The van der Waals surface area contributed by atoms with Crippen LogP contribution in [-0.4, -0.2) is 23.3 Å². The third-order valence-corrected chi connectivity index (χ3v) is 4.75. The number of phenols is 1. The summed E-state index contributed by atoms with van der Waals surface area (Å²) >= 11 is 0. The first-order valence-corrected chi connectivity index (χ1v) is 6.55. The lowest BCUT2D eigenvalue weighted by molar-refractivity contribution is 0.0306. The van der Waals surface area contributed by atoms with E-state index in [-0.39, 0.29) is 5.60 Å². The fraction of sp³-hybridized carbons (Fsp3) is 0.571. The zero-order chi connectivity index (χ0) is 11.5. The van der Waals surface area contributed by atoms with Crippen molar-refractivity contribution in [2.24, 2.45) is 0 Å². The Morgan fingerprint density at radius 1 is 1.35 bits per heavy atom. The summed E-state index contributed by atoms with van der Waals surface area (Å²) in [5, 5.41) is 13.5. The van der Waals surface area contributed by atoms with Crippen molar-refractivity contribution >= 4 is 0 Å². The molecule has 1 spiro atoms. The average Bonchev–Trinajstić information content (AvgIpc) is 2.83. The highest BCUT2D eigenvalue weighted by Crippen LogP contribution is 2.56. The maximum Gasteiger partial charge on any atom is 0.165 e. The van der Waals surface area contributed by atoms with Crippen LogP contribution in [0.15, 0.2) is 18.2 Å². The summed E-state index contributed by atoms with van der Waals surface area (Å²) in [5.41, 5.74) is 1.13. The summed E-state index contributed by atoms with van der Waals surface area (Å²) in [6, 6.07) is 6.22. The fourth-order valence-electron chi connectivity index (χ4n) is 3.98.